The summed E-state index contributed by atoms with van der Waals surface area (Å²) in [5.41, 5.74) is 0.894. The Balaban J connectivity index is 1.46. The maximum atomic E-state index is 12.2. The Morgan fingerprint density at radius 2 is 1.96 bits per heavy atom. The molecule has 1 aromatic rings. The van der Waals surface area contributed by atoms with E-state index in [2.05, 4.69) is 10.2 Å². The number of hydrogen-bond acceptors (Lipinski definition) is 6. The molecule has 1 N–H and O–H groups in total. The molecule has 0 saturated carbocycles. The Hall–Kier alpha value is -2.32. The van der Waals surface area contributed by atoms with E-state index in [0.29, 0.717) is 24.6 Å². The van der Waals surface area contributed by atoms with Crippen LogP contribution in [0.4, 0.5) is 0 Å². The molecule has 1 saturated heterocycles. The summed E-state index contributed by atoms with van der Waals surface area (Å²) in [5, 5.41) is 2.88. The molecule has 0 spiro atoms. The van der Waals surface area contributed by atoms with Gasteiger partial charge in [0.15, 0.2) is 11.5 Å². The van der Waals surface area contributed by atoms with Crippen molar-refractivity contribution in [2.75, 3.05) is 52.7 Å². The Morgan fingerprint density at radius 3 is 2.73 bits per heavy atom. The molecule has 2 amide bonds. The van der Waals surface area contributed by atoms with E-state index in [9.17, 15) is 9.59 Å². The van der Waals surface area contributed by atoms with Gasteiger partial charge >= 0.3 is 0 Å². The Bertz CT molecular complexity index is 646. The average Bonchev–Trinajstić information content (AvgIpc) is 3.10. The molecule has 26 heavy (non-hydrogen) atoms. The van der Waals surface area contributed by atoms with E-state index in [1.165, 1.54) is 11.8 Å². The highest BCUT2D eigenvalue weighted by molar-refractivity contribution is 5.83. The number of nitrogens with zero attached hydrogens (tertiary/aromatic N) is 2. The van der Waals surface area contributed by atoms with E-state index >= 15 is 0 Å². The Labute approximate surface area is 153 Å². The van der Waals surface area contributed by atoms with Crippen LogP contribution < -0.4 is 14.8 Å². The summed E-state index contributed by atoms with van der Waals surface area (Å²) in [6, 6.07) is 5.53. The van der Waals surface area contributed by atoms with Crippen LogP contribution in [-0.4, -0.2) is 74.3 Å². The molecular weight excluding hydrogens is 338 g/mol. The molecule has 1 fully saturated rings. The molecule has 0 atom stereocenters. The fourth-order valence-corrected chi connectivity index (χ4v) is 2.95. The van der Waals surface area contributed by atoms with E-state index in [-0.39, 0.29) is 25.2 Å². The van der Waals surface area contributed by atoms with Crippen LogP contribution >= 0.6 is 0 Å². The highest BCUT2D eigenvalue weighted by Gasteiger charge is 2.18. The smallest absolute Gasteiger partial charge is 0.239 e. The average molecular weight is 363 g/mol. The normalized spacial score (nSPS) is 16.3. The van der Waals surface area contributed by atoms with E-state index in [1.807, 2.05) is 18.2 Å². The van der Waals surface area contributed by atoms with Crippen LogP contribution in [0.3, 0.4) is 0 Å². The second-order valence-corrected chi connectivity index (χ2v) is 6.37. The molecule has 0 aromatic heterocycles. The highest BCUT2D eigenvalue weighted by atomic mass is 16.7. The quantitative estimate of drug-likeness (QED) is 0.746. The molecule has 0 bridgehead atoms. The minimum absolute atomic E-state index is 0.0346. The largest absolute Gasteiger partial charge is 0.454 e. The van der Waals surface area contributed by atoms with Crippen molar-refractivity contribution in [1.29, 1.82) is 0 Å². The first-order valence-electron chi connectivity index (χ1n) is 8.82. The van der Waals surface area contributed by atoms with Crippen LogP contribution in [0.1, 0.15) is 12.5 Å². The number of fused-ring (bicyclic) bond motifs is 1. The van der Waals surface area contributed by atoms with E-state index in [0.717, 1.165) is 38.4 Å². The van der Waals surface area contributed by atoms with Crippen molar-refractivity contribution in [2.45, 2.75) is 13.5 Å². The third kappa shape index (κ3) is 5.09. The molecule has 3 rings (SSSR count). The summed E-state index contributed by atoms with van der Waals surface area (Å²) in [7, 11) is 0. The van der Waals surface area contributed by atoms with Gasteiger partial charge in [-0.15, -0.1) is 0 Å². The molecular formula is C18H25N3O5. The van der Waals surface area contributed by atoms with Gasteiger partial charge in [-0.1, -0.05) is 6.07 Å². The zero-order valence-electron chi connectivity index (χ0n) is 15.0. The number of rotatable bonds is 7. The van der Waals surface area contributed by atoms with Crippen LogP contribution in [0.25, 0.3) is 0 Å². The summed E-state index contributed by atoms with van der Waals surface area (Å²) in [4.78, 5) is 27.9. The SMILES string of the molecule is CC(=O)N(CC(=O)NCCN1CCOCC1)Cc1ccc2c(c1)OCO2. The second kappa shape index (κ2) is 8.86. The number of benzene rings is 1. The van der Waals surface area contributed by atoms with E-state index in [1.54, 1.807) is 0 Å². The van der Waals surface area contributed by atoms with Crippen molar-refractivity contribution >= 4 is 11.8 Å². The molecule has 2 heterocycles. The maximum Gasteiger partial charge on any atom is 0.239 e. The lowest BCUT2D eigenvalue weighted by atomic mass is 10.2. The van der Waals surface area contributed by atoms with Gasteiger partial charge in [-0.2, -0.15) is 0 Å². The molecule has 142 valence electrons. The Kier molecular flexibility index (Phi) is 6.30. The third-order valence-electron chi connectivity index (χ3n) is 4.44. The molecule has 1 aromatic carbocycles. The maximum absolute atomic E-state index is 12.2. The fourth-order valence-electron chi connectivity index (χ4n) is 2.95. The van der Waals surface area contributed by atoms with Gasteiger partial charge < -0.3 is 24.4 Å². The van der Waals surface area contributed by atoms with Gasteiger partial charge in [0.05, 0.1) is 19.8 Å². The van der Waals surface area contributed by atoms with Gasteiger partial charge in [0.2, 0.25) is 18.6 Å². The van der Waals surface area contributed by atoms with Crippen molar-refractivity contribution in [3.63, 3.8) is 0 Å². The molecule has 2 aliphatic heterocycles. The standard InChI is InChI=1S/C18H25N3O5/c1-14(22)21(11-15-2-3-16-17(10-15)26-13-25-16)12-18(23)19-4-5-20-6-8-24-9-7-20/h2-3,10H,4-9,11-13H2,1H3,(H,19,23). The second-order valence-electron chi connectivity index (χ2n) is 6.37. The molecule has 8 heteroatoms. The van der Waals surface area contributed by atoms with Crippen LogP contribution in [0.2, 0.25) is 0 Å². The van der Waals surface area contributed by atoms with Gasteiger partial charge in [-0.3, -0.25) is 14.5 Å². The molecule has 2 aliphatic rings. The number of ether oxygens (including phenoxy) is 3. The fraction of sp³-hybridized carbons (Fsp3) is 0.556. The molecule has 0 aliphatic carbocycles. The number of hydrogen-bond donors (Lipinski definition) is 1. The first-order valence-corrected chi connectivity index (χ1v) is 8.82. The van der Waals surface area contributed by atoms with Crippen molar-refractivity contribution < 1.29 is 23.8 Å². The van der Waals surface area contributed by atoms with Crippen molar-refractivity contribution in [3.8, 4) is 11.5 Å². The highest BCUT2D eigenvalue weighted by Crippen LogP contribution is 2.32. The van der Waals surface area contributed by atoms with Crippen LogP contribution in [0, 0.1) is 0 Å². The van der Waals surface area contributed by atoms with Gasteiger partial charge in [0.1, 0.15) is 0 Å². The number of morpholine rings is 1. The van der Waals surface area contributed by atoms with Gasteiger partial charge in [0.25, 0.3) is 0 Å². The lowest BCUT2D eigenvalue weighted by Gasteiger charge is -2.26. The van der Waals surface area contributed by atoms with Crippen LogP contribution in [0.5, 0.6) is 11.5 Å². The van der Waals surface area contributed by atoms with Gasteiger partial charge in [-0.25, -0.2) is 0 Å². The predicted octanol–water partition coefficient (Wildman–Crippen LogP) is 0.212. The molecule has 0 radical (unpaired) electrons. The first-order chi connectivity index (χ1) is 12.6. The number of nitrogens with one attached hydrogen (secondary N) is 1. The molecule has 0 unspecified atom stereocenters. The zero-order chi connectivity index (χ0) is 18.4. The van der Waals surface area contributed by atoms with Crippen molar-refractivity contribution in [3.05, 3.63) is 23.8 Å². The van der Waals surface area contributed by atoms with E-state index in [4.69, 9.17) is 14.2 Å². The van der Waals surface area contributed by atoms with Crippen LogP contribution in [0.15, 0.2) is 18.2 Å². The third-order valence-corrected chi connectivity index (χ3v) is 4.44. The topological polar surface area (TPSA) is 80.3 Å². The summed E-state index contributed by atoms with van der Waals surface area (Å²) in [6.45, 7) is 6.67. The summed E-state index contributed by atoms with van der Waals surface area (Å²) >= 11 is 0. The number of amides is 2. The zero-order valence-corrected chi connectivity index (χ0v) is 15.0. The van der Waals surface area contributed by atoms with Crippen molar-refractivity contribution in [1.82, 2.24) is 15.1 Å². The van der Waals surface area contributed by atoms with Gasteiger partial charge in [-0.05, 0) is 17.7 Å². The van der Waals surface area contributed by atoms with Gasteiger partial charge in [0, 0.05) is 39.6 Å². The number of carbonyl (C=O) groups excluding carboxylic acids is 2. The minimum atomic E-state index is -0.158. The predicted molar refractivity (Wildman–Crippen MR) is 93.9 cm³/mol. The van der Waals surface area contributed by atoms with E-state index < -0.39 is 0 Å². The first kappa shape index (κ1) is 18.5. The van der Waals surface area contributed by atoms with Crippen LogP contribution in [-0.2, 0) is 20.9 Å². The summed E-state index contributed by atoms with van der Waals surface area (Å²) in [5.74, 6) is 1.06. The lowest BCUT2D eigenvalue weighted by Crippen LogP contribution is -2.44. The summed E-state index contributed by atoms with van der Waals surface area (Å²) in [6.07, 6.45) is 0. The number of carbonyl (C=O) groups is 2. The minimum Gasteiger partial charge on any atom is -0.454 e. The molecule has 8 nitrogen and oxygen atoms in total. The lowest BCUT2D eigenvalue weighted by molar-refractivity contribution is -0.134. The Morgan fingerprint density at radius 1 is 1.19 bits per heavy atom. The van der Waals surface area contributed by atoms with Crippen molar-refractivity contribution in [2.24, 2.45) is 0 Å². The monoisotopic (exact) mass is 363 g/mol. The summed E-state index contributed by atoms with van der Waals surface area (Å²) < 4.78 is 15.9.